The lowest BCUT2D eigenvalue weighted by molar-refractivity contribution is 0.212. The predicted octanol–water partition coefficient (Wildman–Crippen LogP) is 3.98. The summed E-state index contributed by atoms with van der Waals surface area (Å²) in [6.45, 7) is 2.30. The van der Waals surface area contributed by atoms with Crippen LogP contribution in [0.25, 0.3) is 0 Å². The fourth-order valence-corrected chi connectivity index (χ4v) is 2.12. The summed E-state index contributed by atoms with van der Waals surface area (Å²) < 4.78 is 19.8. The average Bonchev–Trinajstić information content (AvgIpc) is 2.41. The smallest absolute Gasteiger partial charge is 0.136 e. The van der Waals surface area contributed by atoms with Gasteiger partial charge in [0, 0.05) is 11.0 Å². The van der Waals surface area contributed by atoms with Crippen molar-refractivity contribution >= 4 is 15.9 Å². The molecule has 19 heavy (non-hydrogen) atoms. The van der Waals surface area contributed by atoms with E-state index in [4.69, 9.17) is 10.5 Å². The molecule has 0 saturated carbocycles. The average molecular weight is 324 g/mol. The standard InChI is InChI=1S/C15H15BrFNO/c1-10-2-5-12(16)8-14(10)19-15(9-18)11-3-6-13(17)7-4-11/h2-8,15H,9,18H2,1H3. The van der Waals surface area contributed by atoms with Crippen molar-refractivity contribution in [3.8, 4) is 5.75 Å². The van der Waals surface area contributed by atoms with E-state index in [0.29, 0.717) is 6.54 Å². The van der Waals surface area contributed by atoms with Crippen molar-refractivity contribution in [2.75, 3.05) is 6.54 Å². The maximum Gasteiger partial charge on any atom is 0.136 e. The molecule has 100 valence electrons. The molecule has 2 N–H and O–H groups in total. The summed E-state index contributed by atoms with van der Waals surface area (Å²) >= 11 is 3.41. The van der Waals surface area contributed by atoms with E-state index in [1.807, 2.05) is 25.1 Å². The van der Waals surface area contributed by atoms with Gasteiger partial charge in [-0.2, -0.15) is 0 Å². The normalized spacial score (nSPS) is 12.2. The molecule has 2 aromatic carbocycles. The number of rotatable bonds is 4. The molecule has 0 fully saturated rings. The summed E-state index contributed by atoms with van der Waals surface area (Å²) in [5.41, 5.74) is 7.64. The van der Waals surface area contributed by atoms with E-state index in [1.165, 1.54) is 12.1 Å². The molecule has 1 unspecified atom stereocenters. The monoisotopic (exact) mass is 323 g/mol. The topological polar surface area (TPSA) is 35.2 Å². The molecule has 0 radical (unpaired) electrons. The number of ether oxygens (including phenoxy) is 1. The highest BCUT2D eigenvalue weighted by Crippen LogP contribution is 2.27. The van der Waals surface area contributed by atoms with Crippen LogP contribution in [-0.2, 0) is 0 Å². The quantitative estimate of drug-likeness (QED) is 0.923. The first-order valence-corrected chi connectivity index (χ1v) is 6.78. The van der Waals surface area contributed by atoms with E-state index >= 15 is 0 Å². The number of nitrogens with two attached hydrogens (primary N) is 1. The molecule has 0 aliphatic carbocycles. The second kappa shape index (κ2) is 6.17. The minimum Gasteiger partial charge on any atom is -0.484 e. The molecule has 2 rings (SSSR count). The van der Waals surface area contributed by atoms with Gasteiger partial charge in [-0.25, -0.2) is 4.39 Å². The van der Waals surface area contributed by atoms with Gasteiger partial charge >= 0.3 is 0 Å². The summed E-state index contributed by atoms with van der Waals surface area (Å²) in [6, 6.07) is 12.0. The predicted molar refractivity (Wildman–Crippen MR) is 77.7 cm³/mol. The minimum atomic E-state index is -0.284. The van der Waals surface area contributed by atoms with Crippen LogP contribution < -0.4 is 10.5 Å². The number of halogens is 2. The van der Waals surface area contributed by atoms with Gasteiger partial charge in [-0.1, -0.05) is 34.1 Å². The van der Waals surface area contributed by atoms with Crippen LogP contribution in [0.1, 0.15) is 17.2 Å². The van der Waals surface area contributed by atoms with Gasteiger partial charge in [-0.05, 0) is 42.3 Å². The van der Waals surface area contributed by atoms with Crippen LogP contribution in [0.15, 0.2) is 46.9 Å². The summed E-state index contributed by atoms with van der Waals surface area (Å²) in [4.78, 5) is 0. The Balaban J connectivity index is 2.23. The van der Waals surface area contributed by atoms with Gasteiger partial charge in [0.25, 0.3) is 0 Å². The van der Waals surface area contributed by atoms with Crippen LogP contribution in [0, 0.1) is 12.7 Å². The third-order valence-corrected chi connectivity index (χ3v) is 3.37. The Bertz CT molecular complexity index is 557. The lowest BCUT2D eigenvalue weighted by Gasteiger charge is -2.19. The van der Waals surface area contributed by atoms with E-state index < -0.39 is 0 Å². The molecule has 4 heteroatoms. The number of aryl methyl sites for hydroxylation is 1. The van der Waals surface area contributed by atoms with Gasteiger partial charge in [0.15, 0.2) is 0 Å². The molecule has 0 aromatic heterocycles. The Labute approximate surface area is 120 Å². The van der Waals surface area contributed by atoms with Crippen LogP contribution >= 0.6 is 15.9 Å². The van der Waals surface area contributed by atoms with Crippen molar-refractivity contribution < 1.29 is 9.13 Å². The van der Waals surface area contributed by atoms with E-state index in [2.05, 4.69) is 15.9 Å². The van der Waals surface area contributed by atoms with E-state index in [0.717, 1.165) is 21.3 Å². The molecular formula is C15H15BrFNO. The maximum atomic E-state index is 12.9. The third kappa shape index (κ3) is 3.55. The first-order chi connectivity index (χ1) is 9.10. The summed E-state index contributed by atoms with van der Waals surface area (Å²) in [7, 11) is 0. The van der Waals surface area contributed by atoms with Crippen LogP contribution in [0.5, 0.6) is 5.75 Å². The van der Waals surface area contributed by atoms with Crippen molar-refractivity contribution in [3.63, 3.8) is 0 Å². The second-order valence-corrected chi connectivity index (χ2v) is 5.22. The molecule has 1 atom stereocenters. The van der Waals surface area contributed by atoms with Gasteiger partial charge in [-0.15, -0.1) is 0 Å². The van der Waals surface area contributed by atoms with E-state index in [9.17, 15) is 4.39 Å². The number of hydrogen-bond acceptors (Lipinski definition) is 2. The number of benzene rings is 2. The second-order valence-electron chi connectivity index (χ2n) is 4.30. The van der Waals surface area contributed by atoms with Crippen LogP contribution in [0.4, 0.5) is 4.39 Å². The van der Waals surface area contributed by atoms with Gasteiger partial charge in [0.05, 0.1) is 0 Å². The maximum absolute atomic E-state index is 12.9. The highest BCUT2D eigenvalue weighted by atomic mass is 79.9. The summed E-state index contributed by atoms with van der Waals surface area (Å²) in [6.07, 6.45) is -0.284. The molecule has 0 aliphatic heterocycles. The lowest BCUT2D eigenvalue weighted by Crippen LogP contribution is -2.18. The highest BCUT2D eigenvalue weighted by Gasteiger charge is 2.13. The zero-order chi connectivity index (χ0) is 13.8. The van der Waals surface area contributed by atoms with Crippen LogP contribution in [0.2, 0.25) is 0 Å². The molecule has 0 aliphatic rings. The fraction of sp³-hybridized carbons (Fsp3) is 0.200. The molecule has 0 saturated heterocycles. The third-order valence-electron chi connectivity index (χ3n) is 2.88. The molecule has 0 amide bonds. The molecule has 0 spiro atoms. The van der Waals surface area contributed by atoms with Gasteiger partial charge < -0.3 is 10.5 Å². The Hall–Kier alpha value is -1.39. The van der Waals surface area contributed by atoms with Crippen LogP contribution in [-0.4, -0.2) is 6.54 Å². The number of hydrogen-bond donors (Lipinski definition) is 1. The van der Waals surface area contributed by atoms with E-state index in [1.54, 1.807) is 12.1 Å². The van der Waals surface area contributed by atoms with Crippen LogP contribution in [0.3, 0.4) is 0 Å². The Morgan fingerprint density at radius 2 is 1.89 bits per heavy atom. The van der Waals surface area contributed by atoms with E-state index in [-0.39, 0.29) is 11.9 Å². The van der Waals surface area contributed by atoms with Gasteiger partial charge in [-0.3, -0.25) is 0 Å². The van der Waals surface area contributed by atoms with Crippen molar-refractivity contribution in [1.29, 1.82) is 0 Å². The Kier molecular flexibility index (Phi) is 4.56. The van der Waals surface area contributed by atoms with Crippen molar-refractivity contribution in [2.24, 2.45) is 5.73 Å². The van der Waals surface area contributed by atoms with Crippen molar-refractivity contribution in [1.82, 2.24) is 0 Å². The van der Waals surface area contributed by atoms with Crippen molar-refractivity contribution in [2.45, 2.75) is 13.0 Å². The minimum absolute atomic E-state index is 0.266. The van der Waals surface area contributed by atoms with Crippen molar-refractivity contribution in [3.05, 3.63) is 63.9 Å². The Morgan fingerprint density at radius 1 is 1.21 bits per heavy atom. The van der Waals surface area contributed by atoms with Gasteiger partial charge in [0.1, 0.15) is 17.7 Å². The zero-order valence-corrected chi connectivity index (χ0v) is 12.2. The molecule has 2 aromatic rings. The van der Waals surface area contributed by atoms with Gasteiger partial charge in [0.2, 0.25) is 0 Å². The highest BCUT2D eigenvalue weighted by molar-refractivity contribution is 9.10. The summed E-state index contributed by atoms with van der Waals surface area (Å²) in [5, 5.41) is 0. The molecule has 2 nitrogen and oxygen atoms in total. The molecular weight excluding hydrogens is 309 g/mol. The first kappa shape index (κ1) is 14.0. The lowest BCUT2D eigenvalue weighted by atomic mass is 10.1. The largest absolute Gasteiger partial charge is 0.484 e. The zero-order valence-electron chi connectivity index (χ0n) is 10.6. The summed E-state index contributed by atoms with van der Waals surface area (Å²) in [5.74, 6) is 0.507. The SMILES string of the molecule is Cc1ccc(Br)cc1OC(CN)c1ccc(F)cc1. The fourth-order valence-electron chi connectivity index (χ4n) is 1.78. The molecule has 0 heterocycles. The first-order valence-electron chi connectivity index (χ1n) is 5.98. The molecule has 0 bridgehead atoms. The Morgan fingerprint density at radius 3 is 2.53 bits per heavy atom.